The van der Waals surface area contributed by atoms with Crippen molar-refractivity contribution in [3.8, 4) is 0 Å². The molecule has 2 rings (SSSR count). The predicted molar refractivity (Wildman–Crippen MR) is 83.9 cm³/mol. The molecule has 1 aromatic rings. The summed E-state index contributed by atoms with van der Waals surface area (Å²) in [5, 5.41) is 3.49. The van der Waals surface area contributed by atoms with Crippen LogP contribution >= 0.6 is 0 Å². The Labute approximate surface area is 118 Å². The van der Waals surface area contributed by atoms with Crippen LogP contribution in [0.3, 0.4) is 0 Å². The third kappa shape index (κ3) is 3.73. The van der Waals surface area contributed by atoms with E-state index in [1.54, 1.807) is 0 Å². The molecule has 2 heteroatoms. The van der Waals surface area contributed by atoms with E-state index in [-0.39, 0.29) is 0 Å². The quantitative estimate of drug-likeness (QED) is 0.840. The fraction of sp³-hybridized carbons (Fsp3) is 0.647. The molecule has 2 unspecified atom stereocenters. The second-order valence-electron chi connectivity index (χ2n) is 5.79. The maximum Gasteiger partial charge on any atom is 0.0368 e. The van der Waals surface area contributed by atoms with Gasteiger partial charge in [-0.25, -0.2) is 0 Å². The lowest BCUT2D eigenvalue weighted by atomic mass is 9.99. The van der Waals surface area contributed by atoms with Gasteiger partial charge in [0, 0.05) is 24.8 Å². The van der Waals surface area contributed by atoms with E-state index in [4.69, 9.17) is 0 Å². The minimum atomic E-state index is 0.746. The zero-order valence-electron chi connectivity index (χ0n) is 12.7. The summed E-state index contributed by atoms with van der Waals surface area (Å²) < 4.78 is 0. The smallest absolute Gasteiger partial charge is 0.0368 e. The summed E-state index contributed by atoms with van der Waals surface area (Å²) in [6.07, 6.45) is 5.47. The highest BCUT2D eigenvalue weighted by Crippen LogP contribution is 2.29. The van der Waals surface area contributed by atoms with Crippen LogP contribution in [0.15, 0.2) is 24.3 Å². The lowest BCUT2D eigenvalue weighted by Crippen LogP contribution is -2.32. The van der Waals surface area contributed by atoms with Gasteiger partial charge in [-0.1, -0.05) is 18.6 Å². The second-order valence-corrected chi connectivity index (χ2v) is 5.79. The van der Waals surface area contributed by atoms with Crippen LogP contribution in [0.1, 0.15) is 38.2 Å². The highest BCUT2D eigenvalue weighted by molar-refractivity contribution is 5.48. The normalized spacial score (nSPS) is 22.7. The van der Waals surface area contributed by atoms with Gasteiger partial charge in [0.1, 0.15) is 0 Å². The molecule has 2 atom stereocenters. The minimum absolute atomic E-state index is 0.746. The van der Waals surface area contributed by atoms with Crippen LogP contribution in [-0.4, -0.2) is 26.2 Å². The minimum Gasteiger partial charge on any atom is -0.372 e. The summed E-state index contributed by atoms with van der Waals surface area (Å²) in [6.45, 7) is 6.71. The summed E-state index contributed by atoms with van der Waals surface area (Å²) in [6, 6.07) is 9.62. The average Bonchev–Trinajstić information content (AvgIpc) is 2.87. The second kappa shape index (κ2) is 6.95. The van der Waals surface area contributed by atoms with Crippen molar-refractivity contribution in [3.05, 3.63) is 29.8 Å². The molecule has 1 aromatic carbocycles. The monoisotopic (exact) mass is 260 g/mol. The van der Waals surface area contributed by atoms with E-state index in [0.29, 0.717) is 0 Å². The third-order valence-corrected chi connectivity index (χ3v) is 4.55. The molecule has 0 spiro atoms. The molecule has 2 nitrogen and oxygen atoms in total. The van der Waals surface area contributed by atoms with Gasteiger partial charge in [0.2, 0.25) is 0 Å². The van der Waals surface area contributed by atoms with E-state index >= 15 is 0 Å². The van der Waals surface area contributed by atoms with Crippen LogP contribution in [0.25, 0.3) is 0 Å². The Hall–Kier alpha value is -1.02. The first-order valence-corrected chi connectivity index (χ1v) is 7.73. The molecule has 19 heavy (non-hydrogen) atoms. The zero-order valence-corrected chi connectivity index (χ0v) is 12.7. The SMILES string of the molecule is CCN(CCC1CCCC1NC)c1cccc(C)c1. The standard InChI is InChI=1S/C17H28N2/c1-4-19(16-9-5-7-14(2)13-16)12-11-15-8-6-10-17(15)18-3/h5,7,9,13,15,17-18H,4,6,8,10-12H2,1-3H3. The fourth-order valence-corrected chi connectivity index (χ4v) is 3.38. The maximum absolute atomic E-state index is 3.49. The van der Waals surface area contributed by atoms with Crippen LogP contribution in [0, 0.1) is 12.8 Å². The van der Waals surface area contributed by atoms with Crippen molar-refractivity contribution < 1.29 is 0 Å². The summed E-state index contributed by atoms with van der Waals surface area (Å²) in [4.78, 5) is 2.51. The Morgan fingerprint density at radius 3 is 2.84 bits per heavy atom. The van der Waals surface area contributed by atoms with Gasteiger partial charge in [0.25, 0.3) is 0 Å². The fourth-order valence-electron chi connectivity index (χ4n) is 3.38. The van der Waals surface area contributed by atoms with E-state index in [9.17, 15) is 0 Å². The Bertz CT molecular complexity index is 389. The van der Waals surface area contributed by atoms with Gasteiger partial charge in [-0.15, -0.1) is 0 Å². The molecule has 0 heterocycles. The van der Waals surface area contributed by atoms with Gasteiger partial charge in [0.05, 0.1) is 0 Å². The number of hydrogen-bond donors (Lipinski definition) is 1. The average molecular weight is 260 g/mol. The largest absolute Gasteiger partial charge is 0.372 e. The predicted octanol–water partition coefficient (Wildman–Crippen LogP) is 3.60. The molecule has 1 N–H and O–H groups in total. The number of rotatable bonds is 6. The first-order chi connectivity index (χ1) is 9.24. The van der Waals surface area contributed by atoms with Gasteiger partial charge in [-0.3, -0.25) is 0 Å². The summed E-state index contributed by atoms with van der Waals surface area (Å²) in [7, 11) is 2.11. The third-order valence-electron chi connectivity index (χ3n) is 4.55. The van der Waals surface area contributed by atoms with Crippen LogP contribution < -0.4 is 10.2 Å². The lowest BCUT2D eigenvalue weighted by Gasteiger charge is -2.27. The van der Waals surface area contributed by atoms with E-state index < -0.39 is 0 Å². The van der Waals surface area contributed by atoms with E-state index in [1.165, 1.54) is 43.5 Å². The summed E-state index contributed by atoms with van der Waals surface area (Å²) in [5.74, 6) is 0.865. The molecular weight excluding hydrogens is 232 g/mol. The van der Waals surface area contributed by atoms with Crippen LogP contribution in [0.4, 0.5) is 5.69 Å². The molecule has 106 valence electrons. The number of anilines is 1. The summed E-state index contributed by atoms with van der Waals surface area (Å²) >= 11 is 0. The molecule has 0 aliphatic heterocycles. The van der Waals surface area contributed by atoms with Crippen LogP contribution in [0.5, 0.6) is 0 Å². The van der Waals surface area contributed by atoms with Gasteiger partial charge < -0.3 is 10.2 Å². The molecule has 0 radical (unpaired) electrons. The number of nitrogens with zero attached hydrogens (tertiary/aromatic N) is 1. The topological polar surface area (TPSA) is 15.3 Å². The molecule has 1 fully saturated rings. The van der Waals surface area contributed by atoms with Crippen molar-refractivity contribution in [3.63, 3.8) is 0 Å². The van der Waals surface area contributed by atoms with Gasteiger partial charge in [0.15, 0.2) is 0 Å². The van der Waals surface area contributed by atoms with Crippen molar-refractivity contribution in [2.24, 2.45) is 5.92 Å². The van der Waals surface area contributed by atoms with E-state index in [2.05, 4.69) is 55.4 Å². The van der Waals surface area contributed by atoms with E-state index in [0.717, 1.165) is 18.5 Å². The molecule has 1 saturated carbocycles. The first-order valence-electron chi connectivity index (χ1n) is 7.73. The summed E-state index contributed by atoms with van der Waals surface area (Å²) in [5.41, 5.74) is 2.73. The van der Waals surface area contributed by atoms with Crippen LogP contribution in [0.2, 0.25) is 0 Å². The van der Waals surface area contributed by atoms with Crippen molar-refractivity contribution in [2.45, 2.75) is 45.6 Å². The van der Waals surface area contributed by atoms with Crippen molar-refractivity contribution in [1.29, 1.82) is 0 Å². The number of aryl methyl sites for hydroxylation is 1. The number of nitrogens with one attached hydrogen (secondary N) is 1. The van der Waals surface area contributed by atoms with Crippen molar-refractivity contribution in [1.82, 2.24) is 5.32 Å². The molecule has 1 aliphatic carbocycles. The molecule has 0 saturated heterocycles. The zero-order chi connectivity index (χ0) is 13.7. The van der Waals surface area contributed by atoms with Gasteiger partial charge >= 0.3 is 0 Å². The van der Waals surface area contributed by atoms with Gasteiger partial charge in [-0.2, -0.15) is 0 Å². The number of hydrogen-bond acceptors (Lipinski definition) is 2. The van der Waals surface area contributed by atoms with Gasteiger partial charge in [-0.05, 0) is 63.8 Å². The van der Waals surface area contributed by atoms with Crippen LogP contribution in [-0.2, 0) is 0 Å². The number of benzene rings is 1. The molecular formula is C17H28N2. The highest BCUT2D eigenvalue weighted by Gasteiger charge is 2.25. The Kier molecular flexibility index (Phi) is 5.26. The van der Waals surface area contributed by atoms with E-state index in [1.807, 2.05) is 0 Å². The molecule has 0 aromatic heterocycles. The Morgan fingerprint density at radius 1 is 1.32 bits per heavy atom. The van der Waals surface area contributed by atoms with Crippen molar-refractivity contribution >= 4 is 5.69 Å². The molecule has 1 aliphatic rings. The van der Waals surface area contributed by atoms with Crippen molar-refractivity contribution in [2.75, 3.05) is 25.0 Å². The molecule has 0 amide bonds. The maximum atomic E-state index is 3.49. The lowest BCUT2D eigenvalue weighted by molar-refractivity contribution is 0.401. The molecule has 0 bridgehead atoms. The first kappa shape index (κ1) is 14.4. The highest BCUT2D eigenvalue weighted by atomic mass is 15.1. The Morgan fingerprint density at radius 2 is 2.16 bits per heavy atom. The Balaban J connectivity index is 1.92.